The summed E-state index contributed by atoms with van der Waals surface area (Å²) in [6.07, 6.45) is 1.50. The highest BCUT2D eigenvalue weighted by Gasteiger charge is 2.11. The second-order valence-corrected chi connectivity index (χ2v) is 8.45. The lowest BCUT2D eigenvalue weighted by Gasteiger charge is -2.04. The second-order valence-electron chi connectivity index (χ2n) is 5.75. The van der Waals surface area contributed by atoms with Crippen LogP contribution in [0.4, 0.5) is 0 Å². The van der Waals surface area contributed by atoms with Gasteiger partial charge in [0.05, 0.1) is 16.1 Å². The average Bonchev–Trinajstić information content (AvgIpc) is 3.02. The van der Waals surface area contributed by atoms with E-state index in [9.17, 15) is 9.00 Å². The Bertz CT molecular complexity index is 1050. The van der Waals surface area contributed by atoms with E-state index in [2.05, 4.69) is 14.5 Å². The topological polar surface area (TPSA) is 85.4 Å². The molecule has 1 heterocycles. The largest absolute Gasteiger partial charge is 0.339 e. The minimum Gasteiger partial charge on any atom is -0.339 e. The van der Waals surface area contributed by atoms with Crippen molar-refractivity contribution in [3.8, 4) is 11.4 Å². The highest BCUT2D eigenvalue weighted by molar-refractivity contribution is 7.93. The molecule has 8 heteroatoms. The van der Waals surface area contributed by atoms with Gasteiger partial charge in [0.15, 0.2) is 0 Å². The first kappa shape index (κ1) is 18.3. The molecule has 26 heavy (non-hydrogen) atoms. The number of benzene rings is 2. The highest BCUT2D eigenvalue weighted by atomic mass is 35.5. The Labute approximate surface area is 156 Å². The molecule has 0 saturated heterocycles. The number of carbonyl (C=O) groups excluding carboxylic acids is 1. The summed E-state index contributed by atoms with van der Waals surface area (Å²) in [5, 5.41) is 4.38. The van der Waals surface area contributed by atoms with E-state index in [-0.39, 0.29) is 6.42 Å². The number of carbonyl (C=O) groups is 1. The van der Waals surface area contributed by atoms with Crippen LogP contribution in [0, 0.1) is 6.92 Å². The Hall–Kier alpha value is -2.51. The second kappa shape index (κ2) is 7.39. The number of nitrogens with zero attached hydrogens (tertiary/aromatic N) is 3. The summed E-state index contributed by atoms with van der Waals surface area (Å²) in [5.74, 6) is 0.526. The Morgan fingerprint density at radius 3 is 2.38 bits per heavy atom. The van der Waals surface area contributed by atoms with Gasteiger partial charge < -0.3 is 4.52 Å². The van der Waals surface area contributed by atoms with Gasteiger partial charge in [-0.1, -0.05) is 41.0 Å². The third kappa shape index (κ3) is 4.36. The first-order chi connectivity index (χ1) is 12.3. The zero-order valence-electron chi connectivity index (χ0n) is 14.2. The molecule has 1 unspecified atom stereocenters. The van der Waals surface area contributed by atoms with Crippen molar-refractivity contribution in [3.05, 3.63) is 65.0 Å². The first-order valence-electron chi connectivity index (χ1n) is 7.74. The smallest absolute Gasteiger partial charge is 0.258 e. The van der Waals surface area contributed by atoms with E-state index in [1.54, 1.807) is 55.5 Å². The quantitative estimate of drug-likeness (QED) is 0.674. The Balaban J connectivity index is 1.75. The number of halogens is 1. The summed E-state index contributed by atoms with van der Waals surface area (Å²) in [5.41, 5.74) is 1.55. The molecule has 0 radical (unpaired) electrons. The molecule has 0 aliphatic carbocycles. The lowest BCUT2D eigenvalue weighted by Crippen LogP contribution is -2.05. The maximum Gasteiger partial charge on any atom is 0.258 e. The molecule has 0 bridgehead atoms. The van der Waals surface area contributed by atoms with E-state index in [1.807, 2.05) is 0 Å². The van der Waals surface area contributed by atoms with Crippen molar-refractivity contribution in [1.29, 1.82) is 0 Å². The maximum absolute atomic E-state index is 12.7. The normalized spacial score (nSPS) is 13.2. The number of aromatic nitrogens is 2. The van der Waals surface area contributed by atoms with Gasteiger partial charge in [-0.25, -0.2) is 4.21 Å². The highest BCUT2D eigenvalue weighted by Crippen LogP contribution is 2.18. The Kier molecular flexibility index (Phi) is 5.20. The number of rotatable bonds is 4. The van der Waals surface area contributed by atoms with Crippen LogP contribution in [-0.4, -0.2) is 26.5 Å². The van der Waals surface area contributed by atoms with Crippen LogP contribution in [0.5, 0.6) is 0 Å². The predicted molar refractivity (Wildman–Crippen MR) is 99.4 cm³/mol. The Morgan fingerprint density at radius 2 is 1.81 bits per heavy atom. The minimum atomic E-state index is -2.81. The SMILES string of the molecule is Cc1nc(-c2ccc(CC(=O)N=S(C)(=O)c3ccc(Cl)cc3)cc2)no1. The van der Waals surface area contributed by atoms with E-state index < -0.39 is 15.6 Å². The van der Waals surface area contributed by atoms with Gasteiger partial charge in [-0.05, 0) is 29.8 Å². The Morgan fingerprint density at radius 1 is 1.15 bits per heavy atom. The van der Waals surface area contributed by atoms with Crippen molar-refractivity contribution in [2.75, 3.05) is 6.26 Å². The fourth-order valence-corrected chi connectivity index (χ4v) is 3.65. The summed E-state index contributed by atoms with van der Waals surface area (Å²) in [7, 11) is -2.81. The van der Waals surface area contributed by atoms with Crippen molar-refractivity contribution in [2.45, 2.75) is 18.2 Å². The molecule has 3 aromatic rings. The molecule has 134 valence electrons. The van der Waals surface area contributed by atoms with Crippen molar-refractivity contribution in [1.82, 2.24) is 10.1 Å². The van der Waals surface area contributed by atoms with Crippen molar-refractivity contribution < 1.29 is 13.5 Å². The van der Waals surface area contributed by atoms with Crippen LogP contribution in [0.25, 0.3) is 11.4 Å². The van der Waals surface area contributed by atoms with E-state index in [0.717, 1.165) is 11.1 Å². The summed E-state index contributed by atoms with van der Waals surface area (Å²) in [6.45, 7) is 1.72. The van der Waals surface area contributed by atoms with Crippen molar-refractivity contribution in [2.24, 2.45) is 4.36 Å². The predicted octanol–water partition coefficient (Wildman–Crippen LogP) is 3.92. The standard InChI is InChI=1S/C18H16ClN3O3S/c1-12-20-18(21-25-12)14-5-3-13(4-6-14)11-17(23)22-26(2,24)16-9-7-15(19)8-10-16/h3-10H,11H2,1-2H3. The fraction of sp³-hybridized carbons (Fsp3) is 0.167. The summed E-state index contributed by atoms with van der Waals surface area (Å²) < 4.78 is 21.5. The lowest BCUT2D eigenvalue weighted by atomic mass is 10.1. The van der Waals surface area contributed by atoms with Crippen LogP contribution in [0.1, 0.15) is 11.5 Å². The van der Waals surface area contributed by atoms with Crippen LogP contribution in [-0.2, 0) is 20.9 Å². The van der Waals surface area contributed by atoms with E-state index in [4.69, 9.17) is 16.1 Å². The van der Waals surface area contributed by atoms with Gasteiger partial charge in [0.25, 0.3) is 5.91 Å². The molecule has 0 aliphatic heterocycles. The fourth-order valence-electron chi connectivity index (χ4n) is 2.33. The van der Waals surface area contributed by atoms with Crippen LogP contribution in [0.2, 0.25) is 5.02 Å². The van der Waals surface area contributed by atoms with Crippen LogP contribution in [0.3, 0.4) is 0 Å². The zero-order valence-corrected chi connectivity index (χ0v) is 15.8. The number of hydrogen-bond donors (Lipinski definition) is 0. The van der Waals surface area contributed by atoms with Crippen molar-refractivity contribution >= 4 is 27.2 Å². The van der Waals surface area contributed by atoms with Gasteiger partial charge in [-0.2, -0.15) is 9.35 Å². The van der Waals surface area contributed by atoms with E-state index in [1.165, 1.54) is 6.26 Å². The average molecular weight is 390 g/mol. The molecule has 1 amide bonds. The molecule has 1 aromatic heterocycles. The molecular weight excluding hydrogens is 374 g/mol. The molecule has 0 fully saturated rings. The third-order valence-electron chi connectivity index (χ3n) is 3.62. The molecule has 0 N–H and O–H groups in total. The molecule has 6 nitrogen and oxygen atoms in total. The van der Waals surface area contributed by atoms with E-state index in [0.29, 0.717) is 21.6 Å². The lowest BCUT2D eigenvalue weighted by molar-refractivity contribution is -0.117. The summed E-state index contributed by atoms with van der Waals surface area (Å²) >= 11 is 5.83. The maximum atomic E-state index is 12.7. The number of amides is 1. The van der Waals surface area contributed by atoms with Gasteiger partial charge in [0, 0.05) is 28.7 Å². The molecule has 0 saturated carbocycles. The van der Waals surface area contributed by atoms with Crippen LogP contribution in [0.15, 0.2) is 62.3 Å². The van der Waals surface area contributed by atoms with Gasteiger partial charge in [-0.15, -0.1) is 0 Å². The molecule has 0 spiro atoms. The first-order valence-corrected chi connectivity index (χ1v) is 10.0. The molecular formula is C18H16ClN3O3S. The van der Waals surface area contributed by atoms with Crippen molar-refractivity contribution in [3.63, 3.8) is 0 Å². The monoisotopic (exact) mass is 389 g/mol. The number of aryl methyl sites for hydroxylation is 1. The van der Waals surface area contributed by atoms with Gasteiger partial charge in [-0.3, -0.25) is 4.79 Å². The van der Waals surface area contributed by atoms with Gasteiger partial charge >= 0.3 is 0 Å². The number of hydrogen-bond acceptors (Lipinski definition) is 5. The zero-order chi connectivity index (χ0) is 18.7. The van der Waals surface area contributed by atoms with Gasteiger partial charge in [0.1, 0.15) is 0 Å². The summed E-state index contributed by atoms with van der Waals surface area (Å²) in [4.78, 5) is 16.8. The minimum absolute atomic E-state index is 0.0595. The third-order valence-corrected chi connectivity index (χ3v) is 5.57. The molecule has 1 atom stereocenters. The van der Waals surface area contributed by atoms with Gasteiger partial charge in [0.2, 0.25) is 11.7 Å². The summed E-state index contributed by atoms with van der Waals surface area (Å²) in [6, 6.07) is 13.6. The molecule has 0 aliphatic rings. The van der Waals surface area contributed by atoms with Crippen LogP contribution < -0.4 is 0 Å². The molecule has 2 aromatic carbocycles. The molecule has 3 rings (SSSR count). The van der Waals surface area contributed by atoms with Crippen LogP contribution >= 0.6 is 11.6 Å². The van der Waals surface area contributed by atoms with E-state index >= 15 is 0 Å².